The molecule has 1 aliphatic carbocycles. The first-order valence-electron chi connectivity index (χ1n) is 5.63. The van der Waals surface area contributed by atoms with Crippen LogP contribution in [0.4, 0.5) is 0 Å². The molecule has 1 fully saturated rings. The Kier molecular flexibility index (Phi) is 2.80. The van der Waals surface area contributed by atoms with Crippen LogP contribution in [0.3, 0.4) is 0 Å². The average molecular weight is 221 g/mol. The molecule has 0 heterocycles. The molecule has 0 saturated heterocycles. The SMILES string of the molecule is COc1cccc(C2(C(C)N)CC2)c1OC. The van der Waals surface area contributed by atoms with Crippen LogP contribution in [0, 0.1) is 0 Å². The van der Waals surface area contributed by atoms with Crippen LogP contribution >= 0.6 is 0 Å². The molecule has 1 atom stereocenters. The highest BCUT2D eigenvalue weighted by Gasteiger charge is 2.49. The van der Waals surface area contributed by atoms with Gasteiger partial charge in [0.2, 0.25) is 0 Å². The Morgan fingerprint density at radius 2 is 1.94 bits per heavy atom. The maximum Gasteiger partial charge on any atom is 0.164 e. The van der Waals surface area contributed by atoms with E-state index in [0.29, 0.717) is 0 Å². The standard InChI is InChI=1S/C13H19NO2/c1-9(14)13(7-8-13)10-5-4-6-11(15-2)12(10)16-3/h4-6,9H,7-8,14H2,1-3H3. The maximum absolute atomic E-state index is 6.08. The van der Waals surface area contributed by atoms with E-state index in [1.165, 1.54) is 5.56 Å². The minimum Gasteiger partial charge on any atom is -0.493 e. The number of hydrogen-bond donors (Lipinski definition) is 1. The molecule has 0 radical (unpaired) electrons. The van der Waals surface area contributed by atoms with Gasteiger partial charge in [0.25, 0.3) is 0 Å². The lowest BCUT2D eigenvalue weighted by Gasteiger charge is -2.23. The van der Waals surface area contributed by atoms with E-state index in [1.807, 2.05) is 12.1 Å². The van der Waals surface area contributed by atoms with Crippen molar-refractivity contribution in [1.29, 1.82) is 0 Å². The van der Waals surface area contributed by atoms with Crippen LogP contribution in [-0.2, 0) is 5.41 Å². The van der Waals surface area contributed by atoms with Crippen molar-refractivity contribution in [3.63, 3.8) is 0 Å². The first kappa shape index (κ1) is 11.3. The number of ether oxygens (including phenoxy) is 2. The van der Waals surface area contributed by atoms with Crippen LogP contribution in [-0.4, -0.2) is 20.3 Å². The van der Waals surface area contributed by atoms with Crippen molar-refractivity contribution in [3.05, 3.63) is 23.8 Å². The molecule has 2 N–H and O–H groups in total. The summed E-state index contributed by atoms with van der Waals surface area (Å²) in [5.74, 6) is 1.62. The highest BCUT2D eigenvalue weighted by Crippen LogP contribution is 2.54. The average Bonchev–Trinajstić information content (AvgIpc) is 3.09. The van der Waals surface area contributed by atoms with E-state index in [9.17, 15) is 0 Å². The Labute approximate surface area is 96.5 Å². The van der Waals surface area contributed by atoms with Gasteiger partial charge in [-0.1, -0.05) is 12.1 Å². The summed E-state index contributed by atoms with van der Waals surface area (Å²) in [6, 6.07) is 6.16. The second-order valence-electron chi connectivity index (χ2n) is 4.49. The van der Waals surface area contributed by atoms with Crippen molar-refractivity contribution in [3.8, 4) is 11.5 Å². The summed E-state index contributed by atoms with van der Waals surface area (Å²) in [6.07, 6.45) is 2.27. The van der Waals surface area contributed by atoms with E-state index < -0.39 is 0 Å². The van der Waals surface area contributed by atoms with Gasteiger partial charge in [-0.15, -0.1) is 0 Å². The van der Waals surface area contributed by atoms with Crippen molar-refractivity contribution in [2.45, 2.75) is 31.2 Å². The fourth-order valence-electron chi connectivity index (χ4n) is 2.38. The third-order valence-electron chi connectivity index (χ3n) is 3.60. The topological polar surface area (TPSA) is 44.5 Å². The van der Waals surface area contributed by atoms with Gasteiger partial charge in [-0.2, -0.15) is 0 Å². The first-order chi connectivity index (χ1) is 7.65. The molecule has 3 nitrogen and oxygen atoms in total. The highest BCUT2D eigenvalue weighted by atomic mass is 16.5. The fraction of sp³-hybridized carbons (Fsp3) is 0.538. The monoisotopic (exact) mass is 221 g/mol. The van der Waals surface area contributed by atoms with E-state index in [4.69, 9.17) is 15.2 Å². The molecule has 0 aliphatic heterocycles. The lowest BCUT2D eigenvalue weighted by molar-refractivity contribution is 0.346. The van der Waals surface area contributed by atoms with Crippen LogP contribution in [0.1, 0.15) is 25.3 Å². The number of benzene rings is 1. The molecular weight excluding hydrogens is 202 g/mol. The molecule has 0 bridgehead atoms. The second kappa shape index (κ2) is 3.98. The van der Waals surface area contributed by atoms with Gasteiger partial charge in [-0.3, -0.25) is 0 Å². The summed E-state index contributed by atoms with van der Waals surface area (Å²) in [4.78, 5) is 0. The second-order valence-corrected chi connectivity index (χ2v) is 4.49. The number of nitrogens with two attached hydrogens (primary N) is 1. The third kappa shape index (κ3) is 1.55. The summed E-state index contributed by atoms with van der Waals surface area (Å²) < 4.78 is 10.8. The Bertz CT molecular complexity index is 384. The van der Waals surface area contributed by atoms with Crippen molar-refractivity contribution >= 4 is 0 Å². The van der Waals surface area contributed by atoms with Gasteiger partial charge in [0, 0.05) is 17.0 Å². The smallest absolute Gasteiger partial charge is 0.164 e. The van der Waals surface area contributed by atoms with Crippen molar-refractivity contribution in [1.82, 2.24) is 0 Å². The van der Waals surface area contributed by atoms with Crippen LogP contribution in [0.5, 0.6) is 11.5 Å². The minimum atomic E-state index is 0.0971. The normalized spacial score (nSPS) is 19.0. The molecule has 1 saturated carbocycles. The summed E-state index contributed by atoms with van der Waals surface area (Å²) in [5, 5.41) is 0. The molecule has 2 rings (SSSR count). The quantitative estimate of drug-likeness (QED) is 0.846. The van der Waals surface area contributed by atoms with Gasteiger partial charge >= 0.3 is 0 Å². The van der Waals surface area contributed by atoms with Crippen LogP contribution in [0.25, 0.3) is 0 Å². The largest absolute Gasteiger partial charge is 0.493 e. The molecular formula is C13H19NO2. The Morgan fingerprint density at radius 1 is 1.25 bits per heavy atom. The number of para-hydroxylation sites is 1. The first-order valence-corrected chi connectivity index (χ1v) is 5.63. The lowest BCUT2D eigenvalue weighted by Crippen LogP contribution is -2.31. The fourth-order valence-corrected chi connectivity index (χ4v) is 2.38. The molecule has 0 amide bonds. The van der Waals surface area contributed by atoms with E-state index >= 15 is 0 Å². The predicted octanol–water partition coefficient (Wildman–Crippen LogP) is 2.08. The van der Waals surface area contributed by atoms with Gasteiger partial charge < -0.3 is 15.2 Å². The van der Waals surface area contributed by atoms with Gasteiger partial charge in [0.15, 0.2) is 11.5 Å². The zero-order valence-electron chi connectivity index (χ0n) is 10.1. The molecule has 1 aliphatic rings. The van der Waals surface area contributed by atoms with E-state index in [2.05, 4.69) is 13.0 Å². The maximum atomic E-state index is 6.08. The Morgan fingerprint density at radius 3 is 2.38 bits per heavy atom. The molecule has 1 unspecified atom stereocenters. The summed E-state index contributed by atoms with van der Waals surface area (Å²) in [7, 11) is 3.34. The van der Waals surface area contributed by atoms with Crippen molar-refractivity contribution < 1.29 is 9.47 Å². The highest BCUT2D eigenvalue weighted by molar-refractivity contribution is 5.52. The van der Waals surface area contributed by atoms with E-state index in [-0.39, 0.29) is 11.5 Å². The summed E-state index contributed by atoms with van der Waals surface area (Å²) >= 11 is 0. The molecule has 16 heavy (non-hydrogen) atoms. The van der Waals surface area contributed by atoms with Crippen molar-refractivity contribution in [2.24, 2.45) is 5.73 Å². The molecule has 88 valence electrons. The van der Waals surface area contributed by atoms with Gasteiger partial charge in [0.05, 0.1) is 14.2 Å². The summed E-state index contributed by atoms with van der Waals surface area (Å²) in [6.45, 7) is 2.06. The van der Waals surface area contributed by atoms with E-state index in [1.54, 1.807) is 14.2 Å². The van der Waals surface area contributed by atoms with E-state index in [0.717, 1.165) is 24.3 Å². The number of methoxy groups -OCH3 is 2. The molecule has 0 spiro atoms. The summed E-state index contributed by atoms with van der Waals surface area (Å²) in [5.41, 5.74) is 7.37. The van der Waals surface area contributed by atoms with Gasteiger partial charge in [-0.25, -0.2) is 0 Å². The van der Waals surface area contributed by atoms with Crippen LogP contribution in [0.2, 0.25) is 0 Å². The molecule has 1 aromatic rings. The lowest BCUT2D eigenvalue weighted by atomic mass is 9.88. The van der Waals surface area contributed by atoms with Crippen LogP contribution < -0.4 is 15.2 Å². The van der Waals surface area contributed by atoms with Gasteiger partial charge in [0.1, 0.15) is 0 Å². The minimum absolute atomic E-state index is 0.0971. The number of rotatable bonds is 4. The predicted molar refractivity (Wildman–Crippen MR) is 64.1 cm³/mol. The zero-order valence-corrected chi connectivity index (χ0v) is 10.1. The Balaban J connectivity index is 2.49. The molecule has 0 aromatic heterocycles. The third-order valence-corrected chi connectivity index (χ3v) is 3.60. The number of hydrogen-bond acceptors (Lipinski definition) is 3. The van der Waals surface area contributed by atoms with Crippen LogP contribution in [0.15, 0.2) is 18.2 Å². The van der Waals surface area contributed by atoms with Gasteiger partial charge in [-0.05, 0) is 25.8 Å². The Hall–Kier alpha value is -1.22. The molecule has 1 aromatic carbocycles. The molecule has 3 heteroatoms. The van der Waals surface area contributed by atoms with Crippen molar-refractivity contribution in [2.75, 3.05) is 14.2 Å². The zero-order chi connectivity index (χ0) is 11.8.